The van der Waals surface area contributed by atoms with Gasteiger partial charge in [0.05, 0.1) is 13.2 Å². The molecule has 1 amide bonds. The second-order valence-corrected chi connectivity index (χ2v) is 7.93. The Labute approximate surface area is 173 Å². The highest BCUT2D eigenvalue weighted by molar-refractivity contribution is 7.08. The summed E-state index contributed by atoms with van der Waals surface area (Å²) in [6, 6.07) is 9.55. The van der Waals surface area contributed by atoms with Crippen molar-refractivity contribution < 1.29 is 18.7 Å². The summed E-state index contributed by atoms with van der Waals surface area (Å²) in [4.78, 5) is 27.0. The molecule has 29 heavy (non-hydrogen) atoms. The van der Waals surface area contributed by atoms with E-state index in [-0.39, 0.29) is 17.9 Å². The normalized spacial score (nSPS) is 15.5. The van der Waals surface area contributed by atoms with Gasteiger partial charge in [0, 0.05) is 35.5 Å². The molecule has 1 aromatic carbocycles. The van der Waals surface area contributed by atoms with Crippen LogP contribution in [0.1, 0.15) is 46.2 Å². The smallest absolute Gasteiger partial charge is 0.342 e. The summed E-state index contributed by atoms with van der Waals surface area (Å²) in [6.07, 6.45) is 1.73. The highest BCUT2D eigenvalue weighted by Crippen LogP contribution is 2.28. The molecule has 0 spiro atoms. The Kier molecular flexibility index (Phi) is 5.97. The number of fused-ring (bicyclic) bond motifs is 1. The summed E-state index contributed by atoms with van der Waals surface area (Å²) < 4.78 is 11.3. The molecule has 0 atom stereocenters. The number of para-hydroxylation sites is 1. The molecule has 0 unspecified atom stereocenters. The molecule has 3 aromatic rings. The van der Waals surface area contributed by atoms with Crippen LogP contribution in [0.2, 0.25) is 0 Å². The van der Waals surface area contributed by atoms with Crippen molar-refractivity contribution in [3.8, 4) is 0 Å². The van der Waals surface area contributed by atoms with Crippen molar-refractivity contribution in [1.29, 1.82) is 0 Å². The van der Waals surface area contributed by atoms with Crippen LogP contribution >= 0.6 is 11.3 Å². The number of carbonyl (C=O) groups is 2. The van der Waals surface area contributed by atoms with Crippen LogP contribution in [0.4, 0.5) is 0 Å². The third kappa shape index (κ3) is 4.36. The molecule has 0 aliphatic carbocycles. The van der Waals surface area contributed by atoms with E-state index in [4.69, 9.17) is 9.15 Å². The van der Waals surface area contributed by atoms with E-state index in [9.17, 15) is 9.59 Å². The van der Waals surface area contributed by atoms with Crippen LogP contribution in [0.5, 0.6) is 0 Å². The molecule has 7 heteroatoms. The summed E-state index contributed by atoms with van der Waals surface area (Å²) in [5.74, 6) is 0.294. The maximum absolute atomic E-state index is 12.5. The first-order chi connectivity index (χ1) is 14.2. The van der Waals surface area contributed by atoms with Gasteiger partial charge in [-0.15, -0.1) is 0 Å². The van der Waals surface area contributed by atoms with Crippen LogP contribution in [-0.4, -0.2) is 42.5 Å². The Morgan fingerprint density at radius 2 is 2.03 bits per heavy atom. The monoisotopic (exact) mass is 412 g/mol. The van der Waals surface area contributed by atoms with Crippen molar-refractivity contribution in [1.82, 2.24) is 10.2 Å². The Morgan fingerprint density at radius 3 is 2.76 bits per heavy atom. The molecule has 4 rings (SSSR count). The number of ether oxygens (including phenoxy) is 1. The van der Waals surface area contributed by atoms with Gasteiger partial charge in [-0.25, -0.2) is 4.79 Å². The zero-order chi connectivity index (χ0) is 20.2. The number of nitrogens with zero attached hydrogens (tertiary/aromatic N) is 1. The molecule has 0 bridgehead atoms. The van der Waals surface area contributed by atoms with Gasteiger partial charge in [0.1, 0.15) is 16.9 Å². The van der Waals surface area contributed by atoms with Gasteiger partial charge in [-0.2, -0.15) is 11.3 Å². The average molecular weight is 413 g/mol. The van der Waals surface area contributed by atoms with Crippen molar-refractivity contribution in [2.24, 2.45) is 0 Å². The topological polar surface area (TPSA) is 71.8 Å². The second-order valence-electron chi connectivity index (χ2n) is 7.15. The van der Waals surface area contributed by atoms with Gasteiger partial charge in [0.25, 0.3) is 5.91 Å². The number of carbonyl (C=O) groups excluding carboxylic acids is 2. The first-order valence-electron chi connectivity index (χ1n) is 9.88. The third-order valence-electron chi connectivity index (χ3n) is 5.22. The lowest BCUT2D eigenvalue weighted by atomic mass is 10.0. The highest BCUT2D eigenvalue weighted by atomic mass is 32.1. The van der Waals surface area contributed by atoms with E-state index < -0.39 is 0 Å². The maximum atomic E-state index is 12.5. The summed E-state index contributed by atoms with van der Waals surface area (Å²) in [5, 5.41) is 7.68. The van der Waals surface area contributed by atoms with Crippen LogP contribution in [-0.2, 0) is 11.3 Å². The van der Waals surface area contributed by atoms with E-state index in [1.54, 1.807) is 6.92 Å². The highest BCUT2D eigenvalue weighted by Gasteiger charge is 2.26. The molecule has 6 nitrogen and oxygen atoms in total. The summed E-state index contributed by atoms with van der Waals surface area (Å²) in [5.41, 5.74) is 1.94. The van der Waals surface area contributed by atoms with E-state index >= 15 is 0 Å². The number of piperidine rings is 1. The quantitative estimate of drug-likeness (QED) is 0.618. The van der Waals surface area contributed by atoms with Gasteiger partial charge < -0.3 is 14.5 Å². The fraction of sp³-hybridized carbons (Fsp3) is 0.364. The number of likely N-dealkylation sites (tertiary alicyclic amines) is 1. The minimum Gasteiger partial charge on any atom is -0.462 e. The number of benzene rings is 1. The van der Waals surface area contributed by atoms with Crippen molar-refractivity contribution in [2.75, 3.05) is 19.7 Å². The third-order valence-corrected chi connectivity index (χ3v) is 5.90. The van der Waals surface area contributed by atoms with Gasteiger partial charge in [0.15, 0.2) is 0 Å². The van der Waals surface area contributed by atoms with Gasteiger partial charge in [-0.1, -0.05) is 18.2 Å². The number of rotatable bonds is 6. The zero-order valence-electron chi connectivity index (χ0n) is 16.3. The molecule has 1 N–H and O–H groups in total. The van der Waals surface area contributed by atoms with Gasteiger partial charge in [-0.3, -0.25) is 9.69 Å². The lowest BCUT2D eigenvalue weighted by Gasteiger charge is -2.31. The average Bonchev–Trinajstić information content (AvgIpc) is 3.37. The van der Waals surface area contributed by atoms with Crippen molar-refractivity contribution in [3.05, 3.63) is 58.0 Å². The first kappa shape index (κ1) is 19.7. The zero-order valence-corrected chi connectivity index (χ0v) is 17.2. The van der Waals surface area contributed by atoms with Crippen LogP contribution in [0, 0.1) is 0 Å². The summed E-state index contributed by atoms with van der Waals surface area (Å²) in [7, 11) is 0. The predicted molar refractivity (Wildman–Crippen MR) is 112 cm³/mol. The van der Waals surface area contributed by atoms with Crippen LogP contribution in [0.15, 0.2) is 45.5 Å². The Morgan fingerprint density at radius 1 is 1.24 bits per heavy atom. The van der Waals surface area contributed by atoms with E-state index in [0.29, 0.717) is 30.1 Å². The molecule has 0 saturated carbocycles. The molecule has 1 fully saturated rings. The molecule has 1 aliphatic rings. The Hall–Kier alpha value is -2.64. The molecule has 1 saturated heterocycles. The minimum absolute atomic E-state index is 0.00779. The van der Waals surface area contributed by atoms with Gasteiger partial charge in [0.2, 0.25) is 0 Å². The minimum atomic E-state index is -0.342. The summed E-state index contributed by atoms with van der Waals surface area (Å²) in [6.45, 7) is 4.33. The van der Waals surface area contributed by atoms with Gasteiger partial charge >= 0.3 is 5.97 Å². The number of amides is 1. The number of esters is 1. The molecule has 1 aliphatic heterocycles. The fourth-order valence-corrected chi connectivity index (χ4v) is 4.37. The summed E-state index contributed by atoms with van der Waals surface area (Å²) >= 11 is 1.52. The number of thiophene rings is 1. The van der Waals surface area contributed by atoms with Crippen molar-refractivity contribution in [3.63, 3.8) is 0 Å². The first-order valence-corrected chi connectivity index (χ1v) is 10.8. The van der Waals surface area contributed by atoms with Crippen molar-refractivity contribution in [2.45, 2.75) is 32.4 Å². The second kappa shape index (κ2) is 8.80. The number of nitrogens with one attached hydrogen (secondary N) is 1. The SMILES string of the molecule is CCOC(=O)c1c(CN2CCC(NC(=O)c3ccsc3)CC2)oc2ccccc12. The lowest BCUT2D eigenvalue weighted by molar-refractivity contribution is 0.0522. The fourth-order valence-electron chi connectivity index (χ4n) is 3.74. The molecule has 152 valence electrons. The van der Waals surface area contributed by atoms with E-state index in [0.717, 1.165) is 36.9 Å². The molecular formula is C22H24N2O4S. The molecule has 0 radical (unpaired) electrons. The largest absolute Gasteiger partial charge is 0.462 e. The Bertz CT molecular complexity index is 988. The molecule has 3 heterocycles. The van der Waals surface area contributed by atoms with Crippen LogP contribution < -0.4 is 5.32 Å². The van der Waals surface area contributed by atoms with E-state index in [2.05, 4.69) is 10.2 Å². The predicted octanol–water partition coefficient (Wildman–Crippen LogP) is 4.07. The van der Waals surface area contributed by atoms with Crippen LogP contribution in [0.3, 0.4) is 0 Å². The van der Waals surface area contributed by atoms with Gasteiger partial charge in [-0.05, 0) is 37.3 Å². The maximum Gasteiger partial charge on any atom is 0.342 e. The molecule has 2 aromatic heterocycles. The Balaban J connectivity index is 1.41. The standard InChI is InChI=1S/C22H24N2O4S/c1-2-27-22(26)20-17-5-3-4-6-18(17)28-19(20)13-24-10-7-16(8-11-24)23-21(25)15-9-12-29-14-15/h3-6,9,12,14,16H,2,7-8,10-11,13H2,1H3,(H,23,25). The van der Waals surface area contributed by atoms with Crippen LogP contribution in [0.25, 0.3) is 11.0 Å². The number of hydrogen-bond acceptors (Lipinski definition) is 6. The van der Waals surface area contributed by atoms with E-state index in [1.165, 1.54) is 11.3 Å². The number of hydrogen-bond donors (Lipinski definition) is 1. The molecular weight excluding hydrogens is 388 g/mol. The van der Waals surface area contributed by atoms with E-state index in [1.807, 2.05) is 41.1 Å². The number of furan rings is 1. The lowest BCUT2D eigenvalue weighted by Crippen LogP contribution is -2.44. The van der Waals surface area contributed by atoms with Crippen molar-refractivity contribution >= 4 is 34.2 Å².